The van der Waals surface area contributed by atoms with Gasteiger partial charge in [0, 0.05) is 6.42 Å². The Morgan fingerprint density at radius 2 is 1.55 bits per heavy atom. The monoisotopic (exact) mass is 586 g/mol. The van der Waals surface area contributed by atoms with Gasteiger partial charge < -0.3 is 24.0 Å². The maximum absolute atomic E-state index is 12.2. The molecule has 0 radical (unpaired) electrons. The van der Waals surface area contributed by atoms with Crippen molar-refractivity contribution in [1.82, 2.24) is 0 Å². The van der Waals surface area contributed by atoms with Crippen LogP contribution in [0.5, 0.6) is 0 Å². The lowest BCUT2D eigenvalue weighted by atomic mass is 9.43. The number of phosphoric ester groups is 1. The summed E-state index contributed by atoms with van der Waals surface area (Å²) in [5.41, 5.74) is 0.579. The predicted octanol–water partition coefficient (Wildman–Crippen LogP) is 6.87. The zero-order valence-corrected chi connectivity index (χ0v) is 26.7. The van der Waals surface area contributed by atoms with Gasteiger partial charge in [0.2, 0.25) is 6.79 Å². The van der Waals surface area contributed by atoms with Crippen LogP contribution in [-0.4, -0.2) is 47.0 Å². The Kier molecular flexibility index (Phi) is 10.2. The van der Waals surface area contributed by atoms with Crippen molar-refractivity contribution in [2.45, 2.75) is 137 Å². The zero-order chi connectivity index (χ0) is 29.5. The van der Waals surface area contributed by atoms with Crippen LogP contribution >= 0.6 is 7.82 Å². The van der Waals surface area contributed by atoms with Gasteiger partial charge in [0.15, 0.2) is 0 Å². The first-order valence-corrected chi connectivity index (χ1v) is 17.3. The van der Waals surface area contributed by atoms with E-state index in [1.165, 1.54) is 38.5 Å². The number of phosphoric acid groups is 1. The molecule has 0 aromatic rings. The third-order valence-corrected chi connectivity index (χ3v) is 12.0. The van der Waals surface area contributed by atoms with Crippen LogP contribution in [-0.2, 0) is 28.1 Å². The number of carbonyl (C=O) groups is 1. The van der Waals surface area contributed by atoms with E-state index in [0.29, 0.717) is 59.6 Å². The average molecular weight is 587 g/mol. The maximum atomic E-state index is 12.2. The first-order chi connectivity index (χ1) is 18.6. The summed E-state index contributed by atoms with van der Waals surface area (Å²) in [6, 6.07) is 0. The van der Waals surface area contributed by atoms with E-state index in [-0.39, 0.29) is 24.0 Å². The Bertz CT molecular complexity index is 919. The Hall–Kier alpha value is -0.500. The SMILES string of the molecule is CC(C)OC1CCC2(C)C(C1)CC(OC(C)C)C1C2CCC2(C)C(C(C)CCC(=O)OCOP(=O)(O)O)CCC12. The minimum Gasteiger partial charge on any atom is -0.438 e. The molecule has 4 aliphatic rings. The van der Waals surface area contributed by atoms with E-state index in [0.717, 1.165) is 12.8 Å². The summed E-state index contributed by atoms with van der Waals surface area (Å²) in [7, 11) is -4.65. The standard InChI is InChI=1S/C31H55O8P/c1-19(2)38-23-12-14-30(6)22(16-23)17-27(39-20(3)4)29-25-10-9-24(31(25,7)15-13-26(29)30)21(5)8-11-28(32)36-18-37-40(33,34)35/h19-27,29H,8-18H2,1-7H3,(H2,33,34,35). The van der Waals surface area contributed by atoms with E-state index in [9.17, 15) is 9.36 Å². The summed E-state index contributed by atoms with van der Waals surface area (Å²) in [5.74, 6) is 2.98. The quantitative estimate of drug-likeness (QED) is 0.153. The Morgan fingerprint density at radius 3 is 2.20 bits per heavy atom. The molecule has 232 valence electrons. The first-order valence-electron chi connectivity index (χ1n) is 15.8. The van der Waals surface area contributed by atoms with Gasteiger partial charge in [0.05, 0.1) is 24.4 Å². The van der Waals surface area contributed by atoms with E-state index < -0.39 is 20.6 Å². The van der Waals surface area contributed by atoms with E-state index in [1.807, 2.05) is 0 Å². The molecule has 2 N–H and O–H groups in total. The fourth-order valence-electron chi connectivity index (χ4n) is 9.91. The number of fused-ring (bicyclic) bond motifs is 5. The summed E-state index contributed by atoms with van der Waals surface area (Å²) >= 11 is 0. The van der Waals surface area contributed by atoms with E-state index in [4.69, 9.17) is 24.0 Å². The largest absolute Gasteiger partial charge is 0.472 e. The van der Waals surface area contributed by atoms with Crippen molar-refractivity contribution < 1.29 is 37.9 Å². The normalized spacial score (nSPS) is 40.4. The predicted molar refractivity (Wildman–Crippen MR) is 153 cm³/mol. The molecule has 4 rings (SSSR count). The molecular weight excluding hydrogens is 531 g/mol. The average Bonchev–Trinajstić information content (AvgIpc) is 3.19. The molecule has 0 aliphatic heterocycles. The lowest BCUT2D eigenvalue weighted by Crippen LogP contribution is -2.59. The summed E-state index contributed by atoms with van der Waals surface area (Å²) in [5, 5.41) is 0. The highest BCUT2D eigenvalue weighted by atomic mass is 31.2. The van der Waals surface area contributed by atoms with Crippen LogP contribution in [0.2, 0.25) is 0 Å². The fraction of sp³-hybridized carbons (Fsp3) is 0.968. The van der Waals surface area contributed by atoms with Crippen LogP contribution < -0.4 is 0 Å². The summed E-state index contributed by atoms with van der Waals surface area (Å²) in [6.45, 7) is 15.3. The van der Waals surface area contributed by atoms with Gasteiger partial charge >= 0.3 is 13.8 Å². The first kappa shape index (κ1) is 32.4. The third-order valence-electron chi connectivity index (χ3n) is 11.5. The number of ether oxygens (including phenoxy) is 3. The fourth-order valence-corrected chi connectivity index (χ4v) is 10.1. The molecule has 0 bridgehead atoms. The van der Waals surface area contributed by atoms with Gasteiger partial charge in [-0.2, -0.15) is 0 Å². The van der Waals surface area contributed by atoms with Crippen LogP contribution in [0.15, 0.2) is 0 Å². The zero-order valence-electron chi connectivity index (χ0n) is 25.8. The molecule has 0 amide bonds. The second-order valence-corrected chi connectivity index (χ2v) is 15.8. The van der Waals surface area contributed by atoms with Crippen LogP contribution in [0.4, 0.5) is 0 Å². The number of esters is 1. The topological polar surface area (TPSA) is 112 Å². The number of carbonyl (C=O) groups excluding carboxylic acids is 1. The van der Waals surface area contributed by atoms with Crippen molar-refractivity contribution in [3.05, 3.63) is 0 Å². The minimum atomic E-state index is -4.65. The smallest absolute Gasteiger partial charge is 0.438 e. The summed E-state index contributed by atoms with van der Waals surface area (Å²) in [6.07, 6.45) is 11.7. The molecule has 40 heavy (non-hydrogen) atoms. The van der Waals surface area contributed by atoms with Crippen molar-refractivity contribution in [1.29, 1.82) is 0 Å². The van der Waals surface area contributed by atoms with Crippen LogP contribution in [0, 0.1) is 46.3 Å². The number of hydrogen-bond donors (Lipinski definition) is 2. The second kappa shape index (κ2) is 12.6. The molecule has 0 aromatic carbocycles. The number of rotatable bonds is 11. The van der Waals surface area contributed by atoms with Gasteiger partial charge in [-0.1, -0.05) is 20.8 Å². The van der Waals surface area contributed by atoms with Gasteiger partial charge in [0.25, 0.3) is 0 Å². The summed E-state index contributed by atoms with van der Waals surface area (Å²) in [4.78, 5) is 29.8. The molecule has 8 nitrogen and oxygen atoms in total. The van der Waals surface area contributed by atoms with Gasteiger partial charge in [-0.3, -0.25) is 4.79 Å². The van der Waals surface area contributed by atoms with Gasteiger partial charge in [-0.15, -0.1) is 0 Å². The Balaban J connectivity index is 1.45. The van der Waals surface area contributed by atoms with Gasteiger partial charge in [-0.25, -0.2) is 9.09 Å². The highest BCUT2D eigenvalue weighted by Crippen LogP contribution is 2.69. The molecule has 4 aliphatic carbocycles. The van der Waals surface area contributed by atoms with Crippen molar-refractivity contribution in [3.8, 4) is 0 Å². The second-order valence-electron chi connectivity index (χ2n) is 14.5. The van der Waals surface area contributed by atoms with Crippen molar-refractivity contribution in [3.63, 3.8) is 0 Å². The van der Waals surface area contributed by atoms with Crippen LogP contribution in [0.1, 0.15) is 113 Å². The molecule has 10 atom stereocenters. The highest BCUT2D eigenvalue weighted by Gasteiger charge is 2.63. The lowest BCUT2D eigenvalue weighted by Gasteiger charge is -2.63. The summed E-state index contributed by atoms with van der Waals surface area (Å²) < 4.78 is 33.1. The molecule has 0 saturated heterocycles. The minimum absolute atomic E-state index is 0.214. The molecule has 10 unspecified atom stereocenters. The lowest BCUT2D eigenvalue weighted by molar-refractivity contribution is -0.201. The molecule has 0 aromatic heterocycles. The molecule has 9 heteroatoms. The maximum Gasteiger partial charge on any atom is 0.472 e. The molecule has 4 saturated carbocycles. The molecule has 0 heterocycles. The van der Waals surface area contributed by atoms with E-state index in [2.05, 4.69) is 53.0 Å². The Morgan fingerprint density at radius 1 is 0.900 bits per heavy atom. The van der Waals surface area contributed by atoms with Crippen molar-refractivity contribution in [2.24, 2.45) is 46.3 Å². The van der Waals surface area contributed by atoms with Crippen molar-refractivity contribution >= 4 is 13.8 Å². The molecular formula is C31H55O8P. The van der Waals surface area contributed by atoms with Crippen LogP contribution in [0.25, 0.3) is 0 Å². The van der Waals surface area contributed by atoms with E-state index in [1.54, 1.807) is 0 Å². The van der Waals surface area contributed by atoms with Crippen molar-refractivity contribution in [2.75, 3.05) is 6.79 Å². The van der Waals surface area contributed by atoms with Gasteiger partial charge in [-0.05, 0) is 132 Å². The molecule has 4 fully saturated rings. The van der Waals surface area contributed by atoms with Gasteiger partial charge in [0.1, 0.15) is 0 Å². The Labute approximate surface area is 241 Å². The highest BCUT2D eigenvalue weighted by molar-refractivity contribution is 7.46. The van der Waals surface area contributed by atoms with E-state index >= 15 is 0 Å². The van der Waals surface area contributed by atoms with Crippen LogP contribution in [0.3, 0.4) is 0 Å². The number of hydrogen-bond acceptors (Lipinski definition) is 6. The third kappa shape index (κ3) is 7.00. The molecule has 0 spiro atoms.